The van der Waals surface area contributed by atoms with E-state index in [1.54, 1.807) is 23.6 Å². The van der Waals surface area contributed by atoms with Crippen LogP contribution < -0.4 is 4.72 Å². The van der Waals surface area contributed by atoms with Gasteiger partial charge >= 0.3 is 0 Å². The molecule has 3 aromatic rings. The highest BCUT2D eigenvalue weighted by molar-refractivity contribution is 7.91. The summed E-state index contributed by atoms with van der Waals surface area (Å²) in [5, 5.41) is 9.27. The highest BCUT2D eigenvalue weighted by Crippen LogP contribution is 2.21. The van der Waals surface area contributed by atoms with Crippen LogP contribution in [0.5, 0.6) is 0 Å². The topological polar surface area (TPSA) is 85.1 Å². The van der Waals surface area contributed by atoms with Crippen LogP contribution in [0.15, 0.2) is 50.4 Å². The summed E-state index contributed by atoms with van der Waals surface area (Å²) in [4.78, 5) is 0. The number of nitrogens with zero attached hydrogens (tertiary/aromatic N) is 2. The number of nitrogens with one attached hydrogen (secondary N) is 1. The molecule has 2 aromatic heterocycles. The fraction of sp³-hybridized carbons (Fsp3) is 0.143. The van der Waals surface area contributed by atoms with Crippen molar-refractivity contribution in [3.63, 3.8) is 0 Å². The quantitative estimate of drug-likeness (QED) is 0.736. The number of rotatable bonds is 6. The Hall–Kier alpha value is -2.10. The molecule has 0 radical (unpaired) electrons. The van der Waals surface area contributed by atoms with Crippen molar-refractivity contribution < 1.29 is 17.2 Å². The second kappa shape index (κ2) is 6.57. The van der Waals surface area contributed by atoms with Crippen LogP contribution in [0.25, 0.3) is 11.5 Å². The van der Waals surface area contributed by atoms with E-state index in [1.165, 1.54) is 18.2 Å². The first-order chi connectivity index (χ1) is 11.1. The first-order valence-electron chi connectivity index (χ1n) is 6.67. The molecular weight excluding hydrogens is 341 g/mol. The molecule has 23 heavy (non-hydrogen) atoms. The maximum absolute atomic E-state index is 13.6. The summed E-state index contributed by atoms with van der Waals surface area (Å²) in [5.41, 5.74) is 0.213. The van der Waals surface area contributed by atoms with Gasteiger partial charge in [-0.1, -0.05) is 18.2 Å². The lowest BCUT2D eigenvalue weighted by Crippen LogP contribution is -2.25. The zero-order valence-electron chi connectivity index (χ0n) is 11.8. The fourth-order valence-corrected chi connectivity index (χ4v) is 3.95. The molecule has 3 rings (SSSR count). The van der Waals surface area contributed by atoms with Gasteiger partial charge in [-0.25, -0.2) is 17.5 Å². The largest absolute Gasteiger partial charge is 0.421 e. The van der Waals surface area contributed by atoms with E-state index in [2.05, 4.69) is 14.9 Å². The third-order valence-corrected chi connectivity index (χ3v) is 5.82. The summed E-state index contributed by atoms with van der Waals surface area (Å²) in [6.07, 6.45) is 0.214. The zero-order chi connectivity index (χ0) is 16.3. The van der Waals surface area contributed by atoms with E-state index < -0.39 is 15.8 Å². The Kier molecular flexibility index (Phi) is 4.51. The van der Waals surface area contributed by atoms with Gasteiger partial charge in [0.2, 0.25) is 15.9 Å². The van der Waals surface area contributed by atoms with Gasteiger partial charge in [0.25, 0.3) is 5.89 Å². The van der Waals surface area contributed by atoms with Crippen LogP contribution in [-0.4, -0.2) is 25.2 Å². The molecule has 2 heterocycles. The molecule has 0 fully saturated rings. The van der Waals surface area contributed by atoms with E-state index in [9.17, 15) is 12.8 Å². The average molecular weight is 353 g/mol. The molecule has 0 aliphatic rings. The minimum absolute atomic E-state index is 0.0687. The molecule has 1 aromatic carbocycles. The summed E-state index contributed by atoms with van der Waals surface area (Å²) >= 11 is 1.14. The molecule has 120 valence electrons. The van der Waals surface area contributed by atoms with Gasteiger partial charge in [-0.15, -0.1) is 21.5 Å². The van der Waals surface area contributed by atoms with Crippen molar-refractivity contribution in [2.75, 3.05) is 6.54 Å². The van der Waals surface area contributed by atoms with Crippen molar-refractivity contribution in [1.29, 1.82) is 0 Å². The Morgan fingerprint density at radius 1 is 1.17 bits per heavy atom. The minimum atomic E-state index is -3.52. The van der Waals surface area contributed by atoms with E-state index in [-0.39, 0.29) is 34.5 Å². The van der Waals surface area contributed by atoms with Gasteiger partial charge in [0, 0.05) is 13.0 Å². The van der Waals surface area contributed by atoms with Gasteiger partial charge in [0.15, 0.2) is 0 Å². The van der Waals surface area contributed by atoms with Gasteiger partial charge in [-0.05, 0) is 23.6 Å². The number of hydrogen-bond acceptors (Lipinski definition) is 6. The third kappa shape index (κ3) is 3.63. The van der Waals surface area contributed by atoms with E-state index in [0.29, 0.717) is 0 Å². The van der Waals surface area contributed by atoms with Gasteiger partial charge in [0.1, 0.15) is 10.0 Å². The molecular formula is C14H12FN3O3S2. The van der Waals surface area contributed by atoms with Gasteiger partial charge in [0.05, 0.1) is 5.56 Å². The Morgan fingerprint density at radius 2 is 2.00 bits per heavy atom. The first kappa shape index (κ1) is 15.8. The number of aromatic nitrogens is 2. The first-order valence-corrected chi connectivity index (χ1v) is 9.03. The zero-order valence-corrected chi connectivity index (χ0v) is 13.4. The standard InChI is InChI=1S/C14H12FN3O3S2/c15-11-5-2-1-4-10(11)14-18-17-12(21-14)7-8-16-23(19,20)13-6-3-9-22-13/h1-6,9,16H,7-8H2. The SMILES string of the molecule is O=S(=O)(NCCc1nnc(-c2ccccc2F)o1)c1cccs1. The van der Waals surface area contributed by atoms with E-state index >= 15 is 0 Å². The average Bonchev–Trinajstić information content (AvgIpc) is 3.19. The predicted molar refractivity (Wildman–Crippen MR) is 82.9 cm³/mol. The number of benzene rings is 1. The van der Waals surface area contributed by atoms with Crippen molar-refractivity contribution in [2.45, 2.75) is 10.6 Å². The summed E-state index contributed by atoms with van der Waals surface area (Å²) in [6.45, 7) is 0.110. The van der Waals surface area contributed by atoms with E-state index in [0.717, 1.165) is 11.3 Å². The minimum Gasteiger partial charge on any atom is -0.421 e. The van der Waals surface area contributed by atoms with Crippen molar-refractivity contribution >= 4 is 21.4 Å². The van der Waals surface area contributed by atoms with Crippen LogP contribution in [0.2, 0.25) is 0 Å². The smallest absolute Gasteiger partial charge is 0.250 e. The number of halogens is 1. The predicted octanol–water partition coefficient (Wildman–Crippen LogP) is 2.46. The number of thiophene rings is 1. The lowest BCUT2D eigenvalue weighted by molar-refractivity contribution is 0.498. The van der Waals surface area contributed by atoms with Crippen LogP contribution in [-0.2, 0) is 16.4 Å². The molecule has 0 spiro atoms. The van der Waals surface area contributed by atoms with E-state index in [1.807, 2.05) is 0 Å². The normalized spacial score (nSPS) is 11.7. The van der Waals surface area contributed by atoms with Crippen LogP contribution in [0.1, 0.15) is 5.89 Å². The molecule has 0 saturated carbocycles. The molecule has 0 saturated heterocycles. The summed E-state index contributed by atoms with van der Waals surface area (Å²) in [7, 11) is -3.52. The van der Waals surface area contributed by atoms with Gasteiger partial charge < -0.3 is 4.42 Å². The second-order valence-electron chi connectivity index (χ2n) is 4.56. The molecule has 6 nitrogen and oxygen atoms in total. The molecule has 0 amide bonds. The number of sulfonamides is 1. The molecule has 0 aliphatic carbocycles. The molecule has 1 N–H and O–H groups in total. The number of hydrogen-bond donors (Lipinski definition) is 1. The Balaban J connectivity index is 1.63. The van der Waals surface area contributed by atoms with Crippen LogP contribution >= 0.6 is 11.3 Å². The van der Waals surface area contributed by atoms with Crippen LogP contribution in [0.3, 0.4) is 0 Å². The van der Waals surface area contributed by atoms with E-state index in [4.69, 9.17) is 4.42 Å². The third-order valence-electron chi connectivity index (χ3n) is 2.96. The lowest BCUT2D eigenvalue weighted by Gasteiger charge is -2.02. The highest BCUT2D eigenvalue weighted by atomic mass is 32.2. The molecule has 9 heteroatoms. The second-order valence-corrected chi connectivity index (χ2v) is 7.50. The van der Waals surface area contributed by atoms with Crippen molar-refractivity contribution in [3.8, 4) is 11.5 Å². The Bertz CT molecular complexity index is 892. The monoisotopic (exact) mass is 353 g/mol. The fourth-order valence-electron chi connectivity index (χ4n) is 1.88. The van der Waals surface area contributed by atoms with Crippen molar-refractivity contribution in [1.82, 2.24) is 14.9 Å². The van der Waals surface area contributed by atoms with Gasteiger partial charge in [-0.2, -0.15) is 0 Å². The van der Waals surface area contributed by atoms with Crippen molar-refractivity contribution in [3.05, 3.63) is 53.5 Å². The molecule has 0 unspecified atom stereocenters. The highest BCUT2D eigenvalue weighted by Gasteiger charge is 2.16. The summed E-state index contributed by atoms with van der Waals surface area (Å²) in [6, 6.07) is 9.25. The molecule has 0 bridgehead atoms. The van der Waals surface area contributed by atoms with Crippen LogP contribution in [0.4, 0.5) is 4.39 Å². The molecule has 0 atom stereocenters. The summed E-state index contributed by atoms with van der Waals surface area (Å²) < 4.78 is 45.6. The molecule has 0 aliphatic heterocycles. The maximum Gasteiger partial charge on any atom is 0.250 e. The Labute approximate surface area is 136 Å². The Morgan fingerprint density at radius 3 is 2.74 bits per heavy atom. The van der Waals surface area contributed by atoms with Crippen molar-refractivity contribution in [2.24, 2.45) is 0 Å². The van der Waals surface area contributed by atoms with Gasteiger partial charge in [-0.3, -0.25) is 0 Å². The maximum atomic E-state index is 13.6. The lowest BCUT2D eigenvalue weighted by atomic mass is 10.2. The van der Waals surface area contributed by atoms with Crippen LogP contribution in [0, 0.1) is 5.82 Å². The summed E-state index contributed by atoms with van der Waals surface area (Å²) in [5.74, 6) is -0.155.